The van der Waals surface area contributed by atoms with Gasteiger partial charge in [-0.25, -0.2) is 0 Å². The lowest BCUT2D eigenvalue weighted by atomic mass is 10.2. The van der Waals surface area contributed by atoms with E-state index >= 15 is 0 Å². The van der Waals surface area contributed by atoms with Crippen LogP contribution >= 0.6 is 0 Å². The van der Waals surface area contributed by atoms with Gasteiger partial charge in [-0.1, -0.05) is 12.1 Å². The fourth-order valence-electron chi connectivity index (χ4n) is 2.54. The van der Waals surface area contributed by atoms with Crippen LogP contribution in [0.15, 0.2) is 67.0 Å². The van der Waals surface area contributed by atoms with Gasteiger partial charge in [0.1, 0.15) is 23.9 Å². The summed E-state index contributed by atoms with van der Waals surface area (Å²) in [5.41, 5.74) is 2.64. The average Bonchev–Trinajstić information content (AvgIpc) is 2.72. The molecule has 0 aliphatic rings. The third kappa shape index (κ3) is 5.48. The predicted octanol–water partition coefficient (Wildman–Crippen LogP) is 4.00. The summed E-state index contributed by atoms with van der Waals surface area (Å²) in [7, 11) is 1.56. The standard InChI is InChI=1S/C22H22N2O4/c1-16-5-10-21(26-2)20(12-16)24-22(25)15-28-19-8-6-18(7-9-19)27-14-17-4-3-11-23-13-17/h3-13H,14-15H2,1-2H3,(H,24,25). The van der Waals surface area contributed by atoms with Crippen molar-refractivity contribution in [3.05, 3.63) is 78.1 Å². The molecule has 0 saturated heterocycles. The van der Waals surface area contributed by atoms with E-state index in [1.54, 1.807) is 43.8 Å². The summed E-state index contributed by atoms with van der Waals surface area (Å²) >= 11 is 0. The smallest absolute Gasteiger partial charge is 0.262 e. The molecule has 2 aromatic carbocycles. The topological polar surface area (TPSA) is 69.7 Å². The molecular formula is C22H22N2O4. The molecule has 0 fully saturated rings. The normalized spacial score (nSPS) is 10.2. The van der Waals surface area contributed by atoms with Crippen LogP contribution in [0.2, 0.25) is 0 Å². The van der Waals surface area contributed by atoms with E-state index in [1.165, 1.54) is 0 Å². The molecule has 0 spiro atoms. The van der Waals surface area contributed by atoms with Crippen molar-refractivity contribution in [2.75, 3.05) is 19.0 Å². The molecule has 0 radical (unpaired) electrons. The van der Waals surface area contributed by atoms with Crippen LogP contribution in [0.1, 0.15) is 11.1 Å². The third-order valence-electron chi connectivity index (χ3n) is 3.95. The van der Waals surface area contributed by atoms with Gasteiger partial charge in [0.05, 0.1) is 12.8 Å². The van der Waals surface area contributed by atoms with Crippen molar-refractivity contribution in [2.24, 2.45) is 0 Å². The quantitative estimate of drug-likeness (QED) is 0.642. The Labute approximate surface area is 164 Å². The monoisotopic (exact) mass is 378 g/mol. The minimum absolute atomic E-state index is 0.104. The molecule has 1 heterocycles. The zero-order valence-corrected chi connectivity index (χ0v) is 15.8. The van der Waals surface area contributed by atoms with Crippen molar-refractivity contribution < 1.29 is 19.0 Å². The van der Waals surface area contributed by atoms with Crippen LogP contribution < -0.4 is 19.5 Å². The second kappa shape index (κ2) is 9.41. The SMILES string of the molecule is COc1ccc(C)cc1NC(=O)COc1ccc(OCc2cccnc2)cc1. The maximum absolute atomic E-state index is 12.2. The molecule has 1 N–H and O–H groups in total. The van der Waals surface area contributed by atoms with Crippen LogP contribution in [0.5, 0.6) is 17.2 Å². The Bertz CT molecular complexity index is 912. The summed E-state index contributed by atoms with van der Waals surface area (Å²) in [5.74, 6) is 1.64. The van der Waals surface area contributed by atoms with Crippen LogP contribution in [0.4, 0.5) is 5.69 Å². The lowest BCUT2D eigenvalue weighted by Gasteiger charge is -2.12. The molecular weight excluding hydrogens is 356 g/mol. The number of pyridine rings is 1. The molecule has 28 heavy (non-hydrogen) atoms. The fraction of sp³-hybridized carbons (Fsp3) is 0.182. The van der Waals surface area contributed by atoms with E-state index in [-0.39, 0.29) is 12.5 Å². The van der Waals surface area contributed by atoms with E-state index in [2.05, 4.69) is 10.3 Å². The van der Waals surface area contributed by atoms with Gasteiger partial charge >= 0.3 is 0 Å². The average molecular weight is 378 g/mol. The number of nitrogens with one attached hydrogen (secondary N) is 1. The number of rotatable bonds is 8. The van der Waals surface area contributed by atoms with Crippen molar-refractivity contribution in [1.82, 2.24) is 4.98 Å². The number of aryl methyl sites for hydroxylation is 1. The zero-order valence-electron chi connectivity index (χ0n) is 15.8. The molecule has 0 bridgehead atoms. The molecule has 3 aromatic rings. The molecule has 0 saturated carbocycles. The number of aromatic nitrogens is 1. The Kier molecular flexibility index (Phi) is 6.46. The molecule has 0 aliphatic carbocycles. The Morgan fingerprint density at radius 2 is 1.79 bits per heavy atom. The number of amides is 1. The molecule has 6 nitrogen and oxygen atoms in total. The lowest BCUT2D eigenvalue weighted by Crippen LogP contribution is -2.20. The Balaban J connectivity index is 1.49. The predicted molar refractivity (Wildman–Crippen MR) is 107 cm³/mol. The highest BCUT2D eigenvalue weighted by Crippen LogP contribution is 2.25. The van der Waals surface area contributed by atoms with E-state index in [4.69, 9.17) is 14.2 Å². The number of ether oxygens (including phenoxy) is 3. The Hall–Kier alpha value is -3.54. The number of carbonyl (C=O) groups is 1. The van der Waals surface area contributed by atoms with E-state index in [0.29, 0.717) is 29.5 Å². The summed E-state index contributed by atoms with van der Waals surface area (Å²) < 4.78 is 16.5. The van der Waals surface area contributed by atoms with Crippen LogP contribution in [0.3, 0.4) is 0 Å². The molecule has 144 valence electrons. The number of nitrogens with zero attached hydrogens (tertiary/aromatic N) is 1. The van der Waals surface area contributed by atoms with Crippen molar-refractivity contribution in [3.8, 4) is 17.2 Å². The van der Waals surface area contributed by atoms with Gasteiger partial charge in [0.15, 0.2) is 6.61 Å². The zero-order chi connectivity index (χ0) is 19.8. The van der Waals surface area contributed by atoms with Gasteiger partial charge in [-0.2, -0.15) is 0 Å². The largest absolute Gasteiger partial charge is 0.495 e. The molecule has 6 heteroatoms. The second-order valence-electron chi connectivity index (χ2n) is 6.16. The van der Waals surface area contributed by atoms with Crippen LogP contribution in [0, 0.1) is 6.92 Å². The van der Waals surface area contributed by atoms with Crippen molar-refractivity contribution in [2.45, 2.75) is 13.5 Å². The summed E-state index contributed by atoms with van der Waals surface area (Å²) in [6.45, 7) is 2.28. The number of anilines is 1. The summed E-state index contributed by atoms with van der Waals surface area (Å²) in [6, 6.07) is 16.5. The van der Waals surface area contributed by atoms with E-state index in [1.807, 2.05) is 37.3 Å². The minimum atomic E-state index is -0.263. The number of hydrogen-bond acceptors (Lipinski definition) is 5. The van der Waals surface area contributed by atoms with Crippen LogP contribution in [-0.2, 0) is 11.4 Å². The Morgan fingerprint density at radius 3 is 2.46 bits per heavy atom. The first-order valence-corrected chi connectivity index (χ1v) is 8.83. The summed E-state index contributed by atoms with van der Waals surface area (Å²) in [4.78, 5) is 16.2. The molecule has 3 rings (SSSR count). The van der Waals surface area contributed by atoms with Crippen molar-refractivity contribution in [1.29, 1.82) is 0 Å². The molecule has 1 aromatic heterocycles. The maximum atomic E-state index is 12.2. The van der Waals surface area contributed by atoms with Gasteiger partial charge in [0.25, 0.3) is 5.91 Å². The molecule has 0 aliphatic heterocycles. The highest BCUT2D eigenvalue weighted by molar-refractivity contribution is 5.93. The van der Waals surface area contributed by atoms with Crippen molar-refractivity contribution >= 4 is 11.6 Å². The Morgan fingerprint density at radius 1 is 1.04 bits per heavy atom. The number of methoxy groups -OCH3 is 1. The van der Waals surface area contributed by atoms with E-state index in [0.717, 1.165) is 11.1 Å². The summed E-state index contributed by atoms with van der Waals surface area (Å²) in [5, 5.41) is 2.80. The maximum Gasteiger partial charge on any atom is 0.262 e. The van der Waals surface area contributed by atoms with Gasteiger partial charge in [-0.15, -0.1) is 0 Å². The fourth-order valence-corrected chi connectivity index (χ4v) is 2.54. The van der Waals surface area contributed by atoms with Gasteiger partial charge in [0, 0.05) is 18.0 Å². The lowest BCUT2D eigenvalue weighted by molar-refractivity contribution is -0.118. The molecule has 0 unspecified atom stereocenters. The second-order valence-corrected chi connectivity index (χ2v) is 6.16. The van der Waals surface area contributed by atoms with E-state index < -0.39 is 0 Å². The van der Waals surface area contributed by atoms with Gasteiger partial charge in [0.2, 0.25) is 0 Å². The van der Waals surface area contributed by atoms with Gasteiger partial charge in [-0.05, 0) is 55.0 Å². The molecule has 1 amide bonds. The third-order valence-corrected chi connectivity index (χ3v) is 3.95. The number of carbonyl (C=O) groups excluding carboxylic acids is 1. The van der Waals surface area contributed by atoms with E-state index in [9.17, 15) is 4.79 Å². The first-order chi connectivity index (χ1) is 13.6. The summed E-state index contributed by atoms with van der Waals surface area (Å²) in [6.07, 6.45) is 3.49. The highest BCUT2D eigenvalue weighted by Gasteiger charge is 2.09. The molecule has 0 atom stereocenters. The van der Waals surface area contributed by atoms with Crippen LogP contribution in [0.25, 0.3) is 0 Å². The first-order valence-electron chi connectivity index (χ1n) is 8.83. The number of benzene rings is 2. The first kappa shape index (κ1) is 19.2. The van der Waals surface area contributed by atoms with Crippen LogP contribution in [-0.4, -0.2) is 24.6 Å². The number of hydrogen-bond donors (Lipinski definition) is 1. The van der Waals surface area contributed by atoms with Gasteiger partial charge in [-0.3, -0.25) is 9.78 Å². The minimum Gasteiger partial charge on any atom is -0.495 e. The van der Waals surface area contributed by atoms with Crippen molar-refractivity contribution in [3.63, 3.8) is 0 Å². The highest BCUT2D eigenvalue weighted by atomic mass is 16.5. The van der Waals surface area contributed by atoms with Gasteiger partial charge < -0.3 is 19.5 Å².